The van der Waals surface area contributed by atoms with Crippen molar-refractivity contribution in [2.45, 2.75) is 34.1 Å². The van der Waals surface area contributed by atoms with Gasteiger partial charge in [-0.25, -0.2) is 0 Å². The molecule has 0 saturated heterocycles. The highest BCUT2D eigenvalue weighted by Gasteiger charge is 2.08. The normalized spacial score (nSPS) is 10.8. The van der Waals surface area contributed by atoms with Crippen LogP contribution in [0.3, 0.4) is 0 Å². The molecule has 0 aliphatic carbocycles. The van der Waals surface area contributed by atoms with Gasteiger partial charge in [0.15, 0.2) is 34.6 Å². The molecule has 2 rings (SSSR count). The number of carbonyl (C=O) groups is 2. The highest BCUT2D eigenvalue weighted by atomic mass is 16.5. The Hall–Kier alpha value is -4.06. The van der Waals surface area contributed by atoms with Gasteiger partial charge >= 0.3 is 0 Å². The molecule has 0 fully saturated rings. The SMILES string of the molecule is COc1cc(C=CC(=O)CC(=O)C=Cc2ccc(OCC=C(C)C)c(OC)c2)ccc1OCC=C(C)C. The lowest BCUT2D eigenvalue weighted by Crippen LogP contribution is -2.02. The van der Waals surface area contributed by atoms with Crippen LogP contribution in [0.1, 0.15) is 45.2 Å². The van der Waals surface area contributed by atoms with E-state index in [1.165, 1.54) is 23.3 Å². The Balaban J connectivity index is 1.95. The van der Waals surface area contributed by atoms with Crippen molar-refractivity contribution in [1.29, 1.82) is 0 Å². The van der Waals surface area contributed by atoms with E-state index in [1.54, 1.807) is 50.6 Å². The van der Waals surface area contributed by atoms with Crippen molar-refractivity contribution in [3.05, 3.63) is 83.0 Å². The van der Waals surface area contributed by atoms with Gasteiger partial charge in [0.1, 0.15) is 13.2 Å². The van der Waals surface area contributed by atoms with Gasteiger partial charge in [-0.3, -0.25) is 9.59 Å². The van der Waals surface area contributed by atoms with Crippen molar-refractivity contribution in [3.8, 4) is 23.0 Å². The lowest BCUT2D eigenvalue weighted by molar-refractivity contribution is -0.121. The Morgan fingerprint density at radius 1 is 0.649 bits per heavy atom. The van der Waals surface area contributed by atoms with Crippen LogP contribution in [0.5, 0.6) is 23.0 Å². The van der Waals surface area contributed by atoms with Crippen molar-refractivity contribution in [2.75, 3.05) is 27.4 Å². The number of ketones is 2. The maximum atomic E-state index is 12.3. The van der Waals surface area contributed by atoms with Crippen molar-refractivity contribution in [3.63, 3.8) is 0 Å². The number of benzene rings is 2. The maximum Gasteiger partial charge on any atom is 0.163 e. The summed E-state index contributed by atoms with van der Waals surface area (Å²) in [4.78, 5) is 24.6. The molecule has 0 heterocycles. The second-order valence-electron chi connectivity index (χ2n) is 8.78. The summed E-state index contributed by atoms with van der Waals surface area (Å²) >= 11 is 0. The first-order valence-electron chi connectivity index (χ1n) is 12.0. The third kappa shape index (κ3) is 10.6. The van der Waals surface area contributed by atoms with Crippen LogP contribution in [0, 0.1) is 0 Å². The molecule has 6 heteroatoms. The van der Waals surface area contributed by atoms with Gasteiger partial charge < -0.3 is 18.9 Å². The minimum absolute atomic E-state index is 0.227. The van der Waals surface area contributed by atoms with Crippen molar-refractivity contribution in [1.82, 2.24) is 0 Å². The Kier molecular flexibility index (Phi) is 11.9. The fraction of sp³-hybridized carbons (Fsp3) is 0.290. The first-order chi connectivity index (χ1) is 17.7. The number of hydrogen-bond acceptors (Lipinski definition) is 6. The summed E-state index contributed by atoms with van der Waals surface area (Å²) in [5, 5.41) is 0. The molecule has 196 valence electrons. The van der Waals surface area contributed by atoms with Crippen LogP contribution >= 0.6 is 0 Å². The van der Waals surface area contributed by atoms with E-state index >= 15 is 0 Å². The highest BCUT2D eigenvalue weighted by Crippen LogP contribution is 2.29. The van der Waals surface area contributed by atoms with Gasteiger partial charge in [-0.05, 0) is 87.4 Å². The second-order valence-corrected chi connectivity index (χ2v) is 8.78. The lowest BCUT2D eigenvalue weighted by Gasteiger charge is -2.10. The van der Waals surface area contributed by atoms with Gasteiger partial charge in [0.2, 0.25) is 0 Å². The standard InChI is InChI=1S/C31H36O6/c1-22(2)15-17-36-28-13-9-24(19-30(28)34-5)7-11-26(32)21-27(33)12-8-25-10-14-29(31(20-25)35-6)37-18-16-23(3)4/h7-16,19-20H,17-18,21H2,1-6H3. The molecule has 0 atom stereocenters. The first-order valence-corrected chi connectivity index (χ1v) is 12.0. The topological polar surface area (TPSA) is 71.1 Å². The van der Waals surface area contributed by atoms with Crippen LogP contribution in [0.15, 0.2) is 71.8 Å². The molecule has 6 nitrogen and oxygen atoms in total. The van der Waals surface area contributed by atoms with E-state index in [-0.39, 0.29) is 18.0 Å². The average Bonchev–Trinajstić information content (AvgIpc) is 2.86. The summed E-state index contributed by atoms with van der Waals surface area (Å²) in [7, 11) is 3.13. The number of allylic oxidation sites excluding steroid dienone is 4. The molecular formula is C31H36O6. The third-order valence-electron chi connectivity index (χ3n) is 5.11. The van der Waals surface area contributed by atoms with Crippen molar-refractivity contribution < 1.29 is 28.5 Å². The number of methoxy groups -OCH3 is 2. The van der Waals surface area contributed by atoms with Gasteiger partial charge in [0, 0.05) is 0 Å². The van der Waals surface area contributed by atoms with Crippen LogP contribution in [0.25, 0.3) is 12.2 Å². The second kappa shape index (κ2) is 15.1. The molecule has 0 bridgehead atoms. The van der Waals surface area contributed by atoms with Crippen LogP contribution in [0.2, 0.25) is 0 Å². The molecule has 0 radical (unpaired) electrons. The molecule has 37 heavy (non-hydrogen) atoms. The van der Waals surface area contributed by atoms with E-state index in [0.717, 1.165) is 11.1 Å². The molecule has 2 aromatic carbocycles. The van der Waals surface area contributed by atoms with E-state index in [4.69, 9.17) is 18.9 Å². The molecule has 0 unspecified atom stereocenters. The summed E-state index contributed by atoms with van der Waals surface area (Å²) in [5.74, 6) is 1.79. The summed E-state index contributed by atoms with van der Waals surface area (Å²) in [6.07, 6.45) is 9.82. The first kappa shape index (κ1) is 29.2. The van der Waals surface area contributed by atoms with Crippen LogP contribution in [-0.4, -0.2) is 39.0 Å². The van der Waals surface area contributed by atoms with Gasteiger partial charge in [-0.1, -0.05) is 35.4 Å². The van der Waals surface area contributed by atoms with Crippen molar-refractivity contribution >= 4 is 23.7 Å². The average molecular weight is 505 g/mol. The largest absolute Gasteiger partial charge is 0.493 e. The Labute approximate surface area is 219 Å². The molecule has 0 aliphatic rings. The minimum Gasteiger partial charge on any atom is -0.493 e. The summed E-state index contributed by atoms with van der Waals surface area (Å²) in [6.45, 7) is 8.91. The number of rotatable bonds is 14. The third-order valence-corrected chi connectivity index (χ3v) is 5.11. The molecule has 0 saturated carbocycles. The smallest absolute Gasteiger partial charge is 0.163 e. The molecule has 2 aromatic rings. The van der Waals surface area contributed by atoms with E-state index in [1.807, 2.05) is 52.0 Å². The van der Waals surface area contributed by atoms with Gasteiger partial charge in [0.25, 0.3) is 0 Å². The molecule has 0 aliphatic heterocycles. The molecular weight excluding hydrogens is 468 g/mol. The highest BCUT2D eigenvalue weighted by molar-refractivity contribution is 6.10. The van der Waals surface area contributed by atoms with Crippen molar-refractivity contribution in [2.24, 2.45) is 0 Å². The van der Waals surface area contributed by atoms with Crippen LogP contribution < -0.4 is 18.9 Å². The van der Waals surface area contributed by atoms with E-state index in [2.05, 4.69) is 0 Å². The number of ether oxygens (including phenoxy) is 4. The Bertz CT molecular complexity index is 1100. The van der Waals surface area contributed by atoms with E-state index in [9.17, 15) is 9.59 Å². The van der Waals surface area contributed by atoms with Gasteiger partial charge in [-0.15, -0.1) is 0 Å². The predicted octanol–water partition coefficient (Wildman–Crippen LogP) is 6.65. The minimum atomic E-state index is -0.293. The van der Waals surface area contributed by atoms with Crippen LogP contribution in [-0.2, 0) is 9.59 Å². The maximum absolute atomic E-state index is 12.3. The number of hydrogen-bond donors (Lipinski definition) is 0. The summed E-state index contributed by atoms with van der Waals surface area (Å²) in [6, 6.07) is 10.8. The Morgan fingerprint density at radius 2 is 1.05 bits per heavy atom. The zero-order valence-electron chi connectivity index (χ0n) is 22.5. The monoisotopic (exact) mass is 504 g/mol. The number of carbonyl (C=O) groups excluding carboxylic acids is 2. The fourth-order valence-corrected chi connectivity index (χ4v) is 3.08. The summed E-state index contributed by atoms with van der Waals surface area (Å²) < 4.78 is 22.2. The Morgan fingerprint density at radius 3 is 1.41 bits per heavy atom. The van der Waals surface area contributed by atoms with Crippen LogP contribution in [0.4, 0.5) is 0 Å². The lowest BCUT2D eigenvalue weighted by atomic mass is 10.1. The fourth-order valence-electron chi connectivity index (χ4n) is 3.08. The molecule has 0 amide bonds. The zero-order chi connectivity index (χ0) is 27.2. The van der Waals surface area contributed by atoms with E-state index < -0.39 is 0 Å². The summed E-state index contributed by atoms with van der Waals surface area (Å²) in [5.41, 5.74) is 3.86. The molecule has 0 N–H and O–H groups in total. The molecule has 0 spiro atoms. The zero-order valence-corrected chi connectivity index (χ0v) is 22.5. The van der Waals surface area contributed by atoms with E-state index in [0.29, 0.717) is 36.2 Å². The predicted molar refractivity (Wildman–Crippen MR) is 149 cm³/mol. The van der Waals surface area contributed by atoms with Gasteiger partial charge in [0.05, 0.1) is 20.6 Å². The van der Waals surface area contributed by atoms with Gasteiger partial charge in [-0.2, -0.15) is 0 Å². The molecule has 0 aromatic heterocycles. The quantitative estimate of drug-likeness (QED) is 0.163.